The van der Waals surface area contributed by atoms with Crippen LogP contribution < -0.4 is 11.1 Å². The molecule has 2 unspecified atom stereocenters. The van der Waals surface area contributed by atoms with Crippen LogP contribution in [0.15, 0.2) is 55.0 Å². The van der Waals surface area contributed by atoms with E-state index in [0.717, 1.165) is 65.0 Å². The SMILES string of the molecule is CC1[C@H]2CC(c3nc(-c4ccc(C=O)cc4)c4c(N)nccn34)C[C@@H]12.CNc1cc(C(F)(F)F)ccn1.O=CO. The number of rotatable bonds is 4. The number of nitrogen functional groups attached to an aromatic ring is 1. The maximum atomic E-state index is 12.0. The van der Waals surface area contributed by atoms with Gasteiger partial charge >= 0.3 is 6.18 Å². The summed E-state index contributed by atoms with van der Waals surface area (Å²) in [5.41, 5.74) is 8.84. The molecule has 3 aromatic heterocycles. The second kappa shape index (κ2) is 11.7. The quantitative estimate of drug-likeness (QED) is 0.286. The number of halogens is 3. The number of fused-ring (bicyclic) bond motifs is 2. The Labute approximate surface area is 228 Å². The summed E-state index contributed by atoms with van der Waals surface area (Å²) in [5, 5.41) is 9.42. The predicted molar refractivity (Wildman–Crippen MR) is 144 cm³/mol. The largest absolute Gasteiger partial charge is 0.483 e. The van der Waals surface area contributed by atoms with E-state index in [-0.39, 0.29) is 12.3 Å². The Balaban J connectivity index is 0.000000208. The first-order chi connectivity index (χ1) is 19.1. The fraction of sp³-hybridized carbons (Fsp3) is 0.321. The van der Waals surface area contributed by atoms with E-state index in [1.165, 1.54) is 19.9 Å². The second-order valence-electron chi connectivity index (χ2n) is 9.73. The third kappa shape index (κ3) is 5.90. The molecule has 4 N–H and O–H groups in total. The minimum Gasteiger partial charge on any atom is -0.483 e. The highest BCUT2D eigenvalue weighted by Gasteiger charge is 2.54. The lowest BCUT2D eigenvalue weighted by molar-refractivity contribution is -0.137. The van der Waals surface area contributed by atoms with Crippen LogP contribution in [0.3, 0.4) is 0 Å². The number of anilines is 2. The van der Waals surface area contributed by atoms with Crippen molar-refractivity contribution in [1.29, 1.82) is 0 Å². The molecule has 0 aliphatic heterocycles. The van der Waals surface area contributed by atoms with E-state index in [4.69, 9.17) is 20.6 Å². The predicted octanol–water partition coefficient (Wildman–Crippen LogP) is 5.39. The minimum atomic E-state index is -4.30. The maximum absolute atomic E-state index is 12.0. The summed E-state index contributed by atoms with van der Waals surface area (Å²) in [4.78, 5) is 32.2. The molecule has 2 fully saturated rings. The van der Waals surface area contributed by atoms with Crippen molar-refractivity contribution in [3.63, 3.8) is 0 Å². The summed E-state index contributed by atoms with van der Waals surface area (Å²) < 4.78 is 38.3. The Morgan fingerprint density at radius 1 is 1.07 bits per heavy atom. The molecule has 0 radical (unpaired) electrons. The lowest BCUT2D eigenvalue weighted by Crippen LogP contribution is -2.05. The third-order valence-electron chi connectivity index (χ3n) is 7.51. The average molecular weight is 555 g/mol. The van der Waals surface area contributed by atoms with Crippen molar-refractivity contribution in [2.45, 2.75) is 31.9 Å². The minimum absolute atomic E-state index is 0.213. The van der Waals surface area contributed by atoms with E-state index in [9.17, 15) is 18.0 Å². The molecule has 2 saturated carbocycles. The van der Waals surface area contributed by atoms with Crippen molar-refractivity contribution in [2.24, 2.45) is 17.8 Å². The van der Waals surface area contributed by atoms with Gasteiger partial charge < -0.3 is 16.2 Å². The van der Waals surface area contributed by atoms with Crippen molar-refractivity contribution in [3.8, 4) is 11.3 Å². The number of imidazole rings is 1. The number of carboxylic acid groups (broad SMARTS) is 1. The van der Waals surface area contributed by atoms with Gasteiger partial charge in [0, 0.05) is 42.7 Å². The first kappa shape index (κ1) is 28.5. The lowest BCUT2D eigenvalue weighted by atomic mass is 10.00. The van der Waals surface area contributed by atoms with E-state index in [0.29, 0.717) is 17.3 Å². The Bertz CT molecular complexity index is 1480. The number of carbonyl (C=O) groups excluding carboxylic acids is 1. The first-order valence-electron chi connectivity index (χ1n) is 12.6. The Morgan fingerprint density at radius 2 is 1.73 bits per heavy atom. The number of nitrogens with zero attached hydrogens (tertiary/aromatic N) is 4. The molecule has 40 heavy (non-hydrogen) atoms. The highest BCUT2D eigenvalue weighted by Crippen LogP contribution is 2.61. The van der Waals surface area contributed by atoms with E-state index >= 15 is 0 Å². The van der Waals surface area contributed by atoms with Gasteiger partial charge in [-0.15, -0.1) is 0 Å². The normalized spacial score (nSPS) is 20.8. The van der Waals surface area contributed by atoms with Crippen LogP contribution in [-0.4, -0.2) is 44.3 Å². The van der Waals surface area contributed by atoms with Gasteiger partial charge in [-0.1, -0.05) is 31.2 Å². The average Bonchev–Trinajstić information content (AvgIpc) is 3.29. The van der Waals surface area contributed by atoms with Crippen molar-refractivity contribution in [2.75, 3.05) is 18.1 Å². The Morgan fingerprint density at radius 3 is 2.30 bits per heavy atom. The van der Waals surface area contributed by atoms with Gasteiger partial charge in [0.2, 0.25) is 0 Å². The number of aromatic nitrogens is 4. The number of nitrogens with one attached hydrogen (secondary N) is 1. The number of aldehydes is 1. The molecule has 0 bridgehead atoms. The molecule has 0 saturated heterocycles. The zero-order valence-electron chi connectivity index (χ0n) is 21.8. The van der Waals surface area contributed by atoms with Gasteiger partial charge in [-0.2, -0.15) is 13.2 Å². The molecule has 0 amide bonds. The van der Waals surface area contributed by atoms with Crippen molar-refractivity contribution in [3.05, 3.63) is 71.9 Å². The molecular weight excluding hydrogens is 525 g/mol. The number of benzene rings is 1. The monoisotopic (exact) mass is 554 g/mol. The van der Waals surface area contributed by atoms with Gasteiger partial charge in [0.05, 0.1) is 5.56 Å². The van der Waals surface area contributed by atoms with Gasteiger partial charge in [0.15, 0.2) is 0 Å². The van der Waals surface area contributed by atoms with Gasteiger partial charge in [0.25, 0.3) is 6.47 Å². The molecule has 210 valence electrons. The topological polar surface area (TPSA) is 136 Å². The molecular formula is C28H29F3N6O3. The van der Waals surface area contributed by atoms with Crippen molar-refractivity contribution in [1.82, 2.24) is 19.4 Å². The van der Waals surface area contributed by atoms with E-state index < -0.39 is 11.7 Å². The standard InChI is InChI=1S/C20H20N4O.C7H7F3N2.CH2O2/c1-11-15-8-14(9-16(11)15)20-23-17(13-4-2-12(10-25)3-5-13)18-19(21)22-6-7-24(18)20;1-11-6-4-5(2-3-12-6)7(8,9)10;2-1-3/h2-7,10-11,14-16H,8-9H2,1H3,(H2,21,22);2-4H,1H3,(H,11,12);1H,(H,2,3)/t11?,14?,15-,16+;;. The van der Waals surface area contributed by atoms with Crippen LogP contribution in [0.25, 0.3) is 16.8 Å². The fourth-order valence-electron chi connectivity index (χ4n) is 5.42. The van der Waals surface area contributed by atoms with Crippen LogP contribution in [0, 0.1) is 17.8 Å². The number of pyridine rings is 1. The van der Waals surface area contributed by atoms with Gasteiger partial charge in [-0.05, 0) is 42.7 Å². The smallest absolute Gasteiger partial charge is 0.416 e. The van der Waals surface area contributed by atoms with E-state index in [1.54, 1.807) is 6.20 Å². The summed E-state index contributed by atoms with van der Waals surface area (Å²) in [5.74, 6) is 4.90. The molecule has 2 aliphatic rings. The van der Waals surface area contributed by atoms with Crippen LogP contribution >= 0.6 is 0 Å². The van der Waals surface area contributed by atoms with Crippen LogP contribution in [0.2, 0.25) is 0 Å². The summed E-state index contributed by atoms with van der Waals surface area (Å²) in [6.07, 6.45) is 3.81. The van der Waals surface area contributed by atoms with Gasteiger partial charge in [0.1, 0.15) is 35.0 Å². The van der Waals surface area contributed by atoms with Crippen LogP contribution in [0.1, 0.15) is 47.4 Å². The molecule has 2 aliphatic carbocycles. The summed E-state index contributed by atoms with van der Waals surface area (Å²) in [6, 6.07) is 9.37. The van der Waals surface area contributed by atoms with Crippen LogP contribution in [0.5, 0.6) is 0 Å². The number of nitrogens with two attached hydrogens (primary N) is 1. The summed E-state index contributed by atoms with van der Waals surface area (Å²) in [7, 11) is 1.52. The molecule has 12 heteroatoms. The third-order valence-corrected chi connectivity index (χ3v) is 7.51. The van der Waals surface area contributed by atoms with Crippen LogP contribution in [-0.2, 0) is 11.0 Å². The van der Waals surface area contributed by atoms with Crippen LogP contribution in [0.4, 0.5) is 24.8 Å². The van der Waals surface area contributed by atoms with E-state index in [2.05, 4.69) is 26.6 Å². The van der Waals surface area contributed by atoms with Gasteiger partial charge in [-0.25, -0.2) is 15.0 Å². The number of hydrogen-bond donors (Lipinski definition) is 3. The lowest BCUT2D eigenvalue weighted by Gasteiger charge is -2.11. The van der Waals surface area contributed by atoms with Gasteiger partial charge in [-0.3, -0.25) is 14.0 Å². The molecule has 6 rings (SSSR count). The maximum Gasteiger partial charge on any atom is 0.416 e. The molecule has 0 spiro atoms. The molecule has 9 nitrogen and oxygen atoms in total. The second-order valence-corrected chi connectivity index (χ2v) is 9.73. The van der Waals surface area contributed by atoms with Crippen molar-refractivity contribution >= 4 is 29.9 Å². The zero-order valence-corrected chi connectivity index (χ0v) is 21.8. The zero-order chi connectivity index (χ0) is 29.0. The molecule has 4 aromatic rings. The summed E-state index contributed by atoms with van der Waals surface area (Å²) >= 11 is 0. The number of hydrogen-bond acceptors (Lipinski definition) is 7. The fourth-order valence-corrected chi connectivity index (χ4v) is 5.42. The number of alkyl halides is 3. The van der Waals surface area contributed by atoms with Crippen molar-refractivity contribution < 1.29 is 27.9 Å². The molecule has 4 atom stereocenters. The Kier molecular flexibility index (Phi) is 8.36. The Hall–Kier alpha value is -4.48. The van der Waals surface area contributed by atoms with E-state index in [1.807, 2.05) is 30.5 Å². The highest BCUT2D eigenvalue weighted by molar-refractivity contribution is 5.86. The number of carbonyl (C=O) groups is 2. The highest BCUT2D eigenvalue weighted by atomic mass is 19.4. The summed E-state index contributed by atoms with van der Waals surface area (Å²) in [6.45, 7) is 2.11. The first-order valence-corrected chi connectivity index (χ1v) is 12.6. The molecule has 3 heterocycles. The molecule has 1 aromatic carbocycles.